The van der Waals surface area contributed by atoms with Gasteiger partial charge in [0.2, 0.25) is 0 Å². The van der Waals surface area contributed by atoms with Crippen LogP contribution in [0.25, 0.3) is 0 Å². The molecule has 30 heavy (non-hydrogen) atoms. The molecule has 2 heterocycles. The van der Waals surface area contributed by atoms with Crippen molar-refractivity contribution in [1.82, 2.24) is 0 Å². The quantitative estimate of drug-likeness (QED) is 0.574. The number of hydrogen-bond donors (Lipinski definition) is 1. The van der Waals surface area contributed by atoms with E-state index in [-0.39, 0.29) is 17.3 Å². The van der Waals surface area contributed by atoms with Crippen LogP contribution in [0.2, 0.25) is 0 Å². The number of nitrogens with two attached hydrogens (primary N) is 1. The number of nitrogens with zero attached hydrogens (tertiary/aromatic N) is 3. The van der Waals surface area contributed by atoms with E-state index in [1.54, 1.807) is 28.4 Å². The highest BCUT2D eigenvalue weighted by Crippen LogP contribution is 2.47. The average Bonchev–Trinajstić information content (AvgIpc) is 3.22. The SMILES string of the molecule is CCc1ccc(C2C(C#N)=C(N)N(c3cccc([N+](=O)[O-])c3)C3=C2C(=O)CCC3)s1. The van der Waals surface area contributed by atoms with Gasteiger partial charge in [-0.15, -0.1) is 11.3 Å². The maximum Gasteiger partial charge on any atom is 0.271 e. The van der Waals surface area contributed by atoms with Gasteiger partial charge in [-0.25, -0.2) is 0 Å². The Labute approximate surface area is 177 Å². The molecule has 2 aliphatic rings. The number of nitriles is 1. The molecule has 0 fully saturated rings. The molecule has 0 saturated heterocycles. The molecule has 1 unspecified atom stereocenters. The Balaban J connectivity index is 1.94. The Hall–Kier alpha value is -3.44. The fourth-order valence-corrected chi connectivity index (χ4v) is 5.22. The molecule has 1 aromatic heterocycles. The van der Waals surface area contributed by atoms with Crippen LogP contribution in [-0.2, 0) is 11.2 Å². The van der Waals surface area contributed by atoms with Gasteiger partial charge in [0.1, 0.15) is 5.82 Å². The number of Topliss-reactive ketones (excluding diaryl/α,β-unsaturated/α-hetero) is 1. The van der Waals surface area contributed by atoms with Gasteiger partial charge in [0, 0.05) is 39.6 Å². The van der Waals surface area contributed by atoms with Gasteiger partial charge in [-0.3, -0.25) is 19.8 Å². The summed E-state index contributed by atoms with van der Waals surface area (Å²) in [4.78, 5) is 27.6. The van der Waals surface area contributed by atoms with E-state index in [0.717, 1.165) is 17.0 Å². The molecular formula is C22H20N4O3S. The van der Waals surface area contributed by atoms with Crippen LogP contribution in [0.4, 0.5) is 11.4 Å². The molecule has 7 nitrogen and oxygen atoms in total. The van der Waals surface area contributed by atoms with E-state index in [9.17, 15) is 20.2 Å². The number of nitro groups is 1. The molecule has 152 valence electrons. The molecule has 0 bridgehead atoms. The number of carbonyl (C=O) groups is 1. The normalized spacial score (nSPS) is 19.0. The van der Waals surface area contributed by atoms with Crippen molar-refractivity contribution in [3.8, 4) is 6.07 Å². The lowest BCUT2D eigenvalue weighted by Gasteiger charge is -2.39. The summed E-state index contributed by atoms with van der Waals surface area (Å²) < 4.78 is 0. The Morgan fingerprint density at radius 2 is 2.13 bits per heavy atom. The highest BCUT2D eigenvalue weighted by Gasteiger charge is 2.41. The smallest absolute Gasteiger partial charge is 0.271 e. The molecule has 1 aliphatic carbocycles. The summed E-state index contributed by atoms with van der Waals surface area (Å²) in [6.45, 7) is 2.06. The van der Waals surface area contributed by atoms with E-state index in [1.165, 1.54) is 17.0 Å². The van der Waals surface area contributed by atoms with E-state index in [4.69, 9.17) is 5.73 Å². The summed E-state index contributed by atoms with van der Waals surface area (Å²) >= 11 is 1.59. The summed E-state index contributed by atoms with van der Waals surface area (Å²) in [6.07, 6.45) is 2.59. The molecule has 4 rings (SSSR count). The van der Waals surface area contributed by atoms with Crippen molar-refractivity contribution in [2.45, 2.75) is 38.5 Å². The second-order valence-corrected chi connectivity index (χ2v) is 8.45. The van der Waals surface area contributed by atoms with Crippen molar-refractivity contribution in [3.05, 3.63) is 78.9 Å². The molecule has 2 aromatic rings. The van der Waals surface area contributed by atoms with Gasteiger partial charge >= 0.3 is 0 Å². The lowest BCUT2D eigenvalue weighted by molar-refractivity contribution is -0.384. The van der Waals surface area contributed by atoms with Crippen LogP contribution in [0.3, 0.4) is 0 Å². The number of hydrogen-bond acceptors (Lipinski definition) is 7. The van der Waals surface area contributed by atoms with Crippen molar-refractivity contribution in [3.63, 3.8) is 0 Å². The highest BCUT2D eigenvalue weighted by atomic mass is 32.1. The van der Waals surface area contributed by atoms with Crippen molar-refractivity contribution in [1.29, 1.82) is 5.26 Å². The molecule has 8 heteroatoms. The van der Waals surface area contributed by atoms with E-state index in [1.807, 2.05) is 12.1 Å². The maximum absolute atomic E-state index is 13.0. The van der Waals surface area contributed by atoms with Crippen LogP contribution < -0.4 is 10.6 Å². The van der Waals surface area contributed by atoms with Gasteiger partial charge in [0.05, 0.1) is 28.2 Å². The second-order valence-electron chi connectivity index (χ2n) is 7.25. The molecule has 1 aliphatic heterocycles. The monoisotopic (exact) mass is 420 g/mol. The van der Waals surface area contributed by atoms with E-state index >= 15 is 0 Å². The van der Waals surface area contributed by atoms with Crippen molar-refractivity contribution < 1.29 is 9.72 Å². The van der Waals surface area contributed by atoms with Crippen LogP contribution in [0.15, 0.2) is 59.1 Å². The van der Waals surface area contributed by atoms with Crippen LogP contribution in [-0.4, -0.2) is 10.7 Å². The predicted octanol–water partition coefficient (Wildman–Crippen LogP) is 4.52. The number of benzene rings is 1. The topological polar surface area (TPSA) is 113 Å². The molecule has 2 N–H and O–H groups in total. The van der Waals surface area contributed by atoms with Crippen molar-refractivity contribution in [2.24, 2.45) is 5.73 Å². The molecular weight excluding hydrogens is 400 g/mol. The molecule has 0 spiro atoms. The van der Waals surface area contributed by atoms with Crippen LogP contribution in [0.5, 0.6) is 0 Å². The summed E-state index contributed by atoms with van der Waals surface area (Å²) in [6, 6.07) is 12.3. The first kappa shape index (κ1) is 19.9. The Morgan fingerprint density at radius 3 is 2.80 bits per heavy atom. The summed E-state index contributed by atoms with van der Waals surface area (Å²) in [5.74, 6) is -0.260. The minimum Gasteiger partial charge on any atom is -0.384 e. The van der Waals surface area contributed by atoms with Crippen LogP contribution in [0, 0.1) is 21.4 Å². The zero-order valence-corrected chi connectivity index (χ0v) is 17.2. The van der Waals surface area contributed by atoms with Crippen LogP contribution >= 0.6 is 11.3 Å². The lowest BCUT2D eigenvalue weighted by atomic mass is 9.78. The zero-order valence-electron chi connectivity index (χ0n) is 16.4. The first-order valence-corrected chi connectivity index (χ1v) is 10.6. The van der Waals surface area contributed by atoms with E-state index < -0.39 is 10.8 Å². The number of anilines is 1. The van der Waals surface area contributed by atoms with Crippen molar-refractivity contribution >= 4 is 28.5 Å². The maximum atomic E-state index is 13.0. The Kier molecular flexibility index (Phi) is 5.14. The number of ketones is 1. The largest absolute Gasteiger partial charge is 0.384 e. The minimum atomic E-state index is -0.488. The number of carbonyl (C=O) groups excluding carboxylic acids is 1. The Bertz CT molecular complexity index is 1160. The van der Waals surface area contributed by atoms with Gasteiger partial charge in [0.25, 0.3) is 5.69 Å². The third-order valence-electron chi connectivity index (χ3n) is 5.53. The second kappa shape index (κ2) is 7.76. The van der Waals surface area contributed by atoms with E-state index in [2.05, 4.69) is 13.0 Å². The van der Waals surface area contributed by atoms with Gasteiger partial charge in [-0.05, 0) is 37.5 Å². The zero-order chi connectivity index (χ0) is 21.4. The highest BCUT2D eigenvalue weighted by molar-refractivity contribution is 7.12. The summed E-state index contributed by atoms with van der Waals surface area (Å²) in [7, 11) is 0. The molecule has 1 atom stereocenters. The Morgan fingerprint density at radius 1 is 1.33 bits per heavy atom. The molecule has 0 amide bonds. The third kappa shape index (κ3) is 3.17. The van der Waals surface area contributed by atoms with Gasteiger partial charge in [-0.2, -0.15) is 5.26 Å². The number of allylic oxidation sites excluding steroid dienone is 3. The molecule has 0 radical (unpaired) electrons. The summed E-state index contributed by atoms with van der Waals surface area (Å²) in [5.41, 5.74) is 8.52. The van der Waals surface area contributed by atoms with Crippen molar-refractivity contribution in [2.75, 3.05) is 4.90 Å². The summed E-state index contributed by atoms with van der Waals surface area (Å²) in [5, 5.41) is 21.3. The predicted molar refractivity (Wildman–Crippen MR) is 115 cm³/mol. The number of nitro benzene ring substituents is 1. The standard InChI is InChI=1S/C22H20N4O3S/c1-2-15-9-10-19(30-15)20-16(12-23)22(24)25(17-7-4-8-18(27)21(17)20)13-5-3-6-14(11-13)26(28)29/h3,5-6,9-11,20H,2,4,7-8,24H2,1H3. The third-order valence-corrected chi connectivity index (χ3v) is 6.82. The minimum absolute atomic E-state index is 0.00313. The number of thiophene rings is 1. The average molecular weight is 420 g/mol. The fraction of sp³-hybridized carbons (Fsp3) is 0.273. The van der Waals surface area contributed by atoms with Gasteiger partial charge in [-0.1, -0.05) is 13.0 Å². The van der Waals surface area contributed by atoms with Gasteiger partial charge < -0.3 is 5.73 Å². The van der Waals surface area contributed by atoms with Gasteiger partial charge in [0.15, 0.2) is 5.78 Å². The molecule has 0 saturated carbocycles. The first-order chi connectivity index (χ1) is 14.5. The fourth-order valence-electron chi connectivity index (χ4n) is 4.15. The van der Waals surface area contributed by atoms with Crippen LogP contribution in [0.1, 0.15) is 41.9 Å². The number of non-ortho nitro benzene ring substituents is 1. The number of aryl methyl sites for hydroxylation is 1. The van der Waals surface area contributed by atoms with E-state index in [0.29, 0.717) is 36.1 Å². The number of rotatable bonds is 4. The first-order valence-electron chi connectivity index (χ1n) is 9.75. The molecule has 1 aromatic carbocycles. The lowest BCUT2D eigenvalue weighted by Crippen LogP contribution is -2.38.